The number of fused-ring (bicyclic) bond motifs is 1. The monoisotopic (exact) mass is 400 g/mol. The summed E-state index contributed by atoms with van der Waals surface area (Å²) in [7, 11) is 1.56. The predicted molar refractivity (Wildman–Crippen MR) is 109 cm³/mol. The molecule has 2 heterocycles. The van der Waals surface area contributed by atoms with Gasteiger partial charge in [-0.15, -0.1) is 11.3 Å². The van der Waals surface area contributed by atoms with Crippen LogP contribution in [0.4, 0.5) is 5.00 Å². The number of rotatable bonds is 6. The molecule has 2 aromatic rings. The number of thiophene rings is 1. The van der Waals surface area contributed by atoms with Crippen LogP contribution >= 0.6 is 11.3 Å². The number of amides is 1. The van der Waals surface area contributed by atoms with E-state index in [0.29, 0.717) is 41.6 Å². The Balaban J connectivity index is 1.60. The van der Waals surface area contributed by atoms with Gasteiger partial charge in [-0.3, -0.25) is 14.5 Å². The zero-order valence-corrected chi connectivity index (χ0v) is 16.8. The summed E-state index contributed by atoms with van der Waals surface area (Å²) >= 11 is 1.54. The minimum absolute atomic E-state index is 0.0847. The van der Waals surface area contributed by atoms with Crippen LogP contribution in [0.15, 0.2) is 24.3 Å². The number of nitrogens with one attached hydrogen (secondary N) is 1. The maximum absolute atomic E-state index is 13.4. The Morgan fingerprint density at radius 3 is 2.79 bits per heavy atom. The third kappa shape index (κ3) is 3.83. The molecule has 0 saturated carbocycles. The summed E-state index contributed by atoms with van der Waals surface area (Å²) in [6.45, 7) is 3.12. The van der Waals surface area contributed by atoms with Gasteiger partial charge in [-0.05, 0) is 37.0 Å². The van der Waals surface area contributed by atoms with Gasteiger partial charge in [0.15, 0.2) is 5.78 Å². The molecule has 1 fully saturated rings. The average molecular weight is 401 g/mol. The number of benzene rings is 1. The quantitative estimate of drug-likeness (QED) is 0.756. The highest BCUT2D eigenvalue weighted by Crippen LogP contribution is 2.41. The average Bonchev–Trinajstić information content (AvgIpc) is 3.29. The highest BCUT2D eigenvalue weighted by molar-refractivity contribution is 7.17. The maximum Gasteiger partial charge on any atom is 0.239 e. The van der Waals surface area contributed by atoms with Crippen LogP contribution in [0.2, 0.25) is 0 Å². The molecule has 0 radical (unpaired) electrons. The second-order valence-electron chi connectivity index (χ2n) is 7.03. The molecule has 1 aromatic carbocycles. The Morgan fingerprint density at radius 2 is 2.00 bits per heavy atom. The Labute approximate surface area is 168 Å². The third-order valence-electron chi connectivity index (χ3n) is 5.22. The van der Waals surface area contributed by atoms with Crippen molar-refractivity contribution in [2.75, 3.05) is 45.3 Å². The molecule has 2 aliphatic rings. The molecule has 0 unspecified atom stereocenters. The van der Waals surface area contributed by atoms with Gasteiger partial charge in [0.1, 0.15) is 10.8 Å². The van der Waals surface area contributed by atoms with Gasteiger partial charge in [-0.2, -0.15) is 0 Å². The van der Waals surface area contributed by atoms with E-state index in [-0.39, 0.29) is 11.7 Å². The lowest BCUT2D eigenvalue weighted by Crippen LogP contribution is -2.41. The fraction of sp³-hybridized carbons (Fsp3) is 0.429. The first-order valence-corrected chi connectivity index (χ1v) is 10.4. The van der Waals surface area contributed by atoms with E-state index >= 15 is 0 Å². The van der Waals surface area contributed by atoms with Gasteiger partial charge in [0.25, 0.3) is 0 Å². The second-order valence-corrected chi connectivity index (χ2v) is 8.13. The number of nitrogens with zero attached hydrogens (tertiary/aromatic N) is 1. The predicted octanol–water partition coefficient (Wildman–Crippen LogP) is 2.75. The minimum atomic E-state index is -0.0871. The number of para-hydroxylation sites is 1. The molecule has 1 N–H and O–H groups in total. The normalized spacial score (nSPS) is 16.6. The molecule has 0 spiro atoms. The smallest absolute Gasteiger partial charge is 0.239 e. The van der Waals surface area contributed by atoms with E-state index in [4.69, 9.17) is 9.47 Å². The number of carbonyl (C=O) groups excluding carboxylic acids is 2. The van der Waals surface area contributed by atoms with Crippen LogP contribution < -0.4 is 10.1 Å². The van der Waals surface area contributed by atoms with Crippen LogP contribution in [0.25, 0.3) is 0 Å². The Hall–Kier alpha value is -2.22. The first-order chi connectivity index (χ1) is 13.7. The Bertz CT molecular complexity index is 887. The molecule has 7 heteroatoms. The summed E-state index contributed by atoms with van der Waals surface area (Å²) < 4.78 is 10.7. The minimum Gasteiger partial charge on any atom is -0.496 e. The number of hydrogen-bond acceptors (Lipinski definition) is 6. The summed E-state index contributed by atoms with van der Waals surface area (Å²) in [5.74, 6) is 0.380. The zero-order chi connectivity index (χ0) is 19.5. The number of anilines is 1. The lowest BCUT2D eigenvalue weighted by atomic mass is 9.99. The number of methoxy groups -OCH3 is 1. The van der Waals surface area contributed by atoms with Crippen molar-refractivity contribution >= 4 is 28.0 Å². The third-order valence-corrected chi connectivity index (χ3v) is 6.43. The SMILES string of the molecule is COc1ccccc1C(=O)c1c(NC(=O)CN2CCOCC2)sc2c1CCC2. The number of carbonyl (C=O) groups is 2. The Morgan fingerprint density at radius 1 is 1.21 bits per heavy atom. The molecule has 1 aromatic heterocycles. The second kappa shape index (κ2) is 8.43. The largest absolute Gasteiger partial charge is 0.496 e. The van der Waals surface area contributed by atoms with E-state index in [9.17, 15) is 9.59 Å². The number of hydrogen-bond donors (Lipinski definition) is 1. The number of ether oxygens (including phenoxy) is 2. The van der Waals surface area contributed by atoms with Crippen molar-refractivity contribution in [3.63, 3.8) is 0 Å². The van der Waals surface area contributed by atoms with Crippen molar-refractivity contribution in [3.05, 3.63) is 45.8 Å². The van der Waals surface area contributed by atoms with E-state index in [0.717, 1.165) is 37.9 Å². The summed E-state index contributed by atoms with van der Waals surface area (Å²) in [6.07, 6.45) is 2.89. The van der Waals surface area contributed by atoms with E-state index in [2.05, 4.69) is 10.2 Å². The van der Waals surface area contributed by atoms with Crippen LogP contribution in [-0.4, -0.2) is 56.5 Å². The molecule has 1 amide bonds. The first-order valence-electron chi connectivity index (χ1n) is 9.59. The van der Waals surface area contributed by atoms with E-state index in [1.165, 1.54) is 16.2 Å². The molecule has 1 saturated heterocycles. The van der Waals surface area contributed by atoms with Crippen LogP contribution in [0, 0.1) is 0 Å². The van der Waals surface area contributed by atoms with Gasteiger partial charge in [0, 0.05) is 18.0 Å². The van der Waals surface area contributed by atoms with Crippen molar-refractivity contribution in [1.82, 2.24) is 4.90 Å². The number of aryl methyl sites for hydroxylation is 1. The van der Waals surface area contributed by atoms with Crippen molar-refractivity contribution in [2.45, 2.75) is 19.3 Å². The van der Waals surface area contributed by atoms with E-state index in [1.807, 2.05) is 12.1 Å². The lowest BCUT2D eigenvalue weighted by Gasteiger charge is -2.25. The van der Waals surface area contributed by atoms with Crippen molar-refractivity contribution in [3.8, 4) is 5.75 Å². The molecular weight excluding hydrogens is 376 g/mol. The van der Waals surface area contributed by atoms with Gasteiger partial charge in [0.2, 0.25) is 5.91 Å². The van der Waals surface area contributed by atoms with Gasteiger partial charge in [-0.1, -0.05) is 12.1 Å². The summed E-state index contributed by atoms with van der Waals surface area (Å²) in [5, 5.41) is 3.68. The standard InChI is InChI=1S/C21H24N2O4S/c1-26-16-7-3-2-5-14(16)20(25)19-15-6-4-8-17(15)28-21(19)22-18(24)13-23-9-11-27-12-10-23/h2-3,5,7H,4,6,8-13H2,1H3,(H,22,24). The highest BCUT2D eigenvalue weighted by Gasteiger charge is 2.29. The molecule has 148 valence electrons. The fourth-order valence-corrected chi connectivity index (χ4v) is 5.13. The molecule has 0 bridgehead atoms. The first kappa shape index (κ1) is 19.1. The van der Waals surface area contributed by atoms with Crippen LogP contribution in [0.5, 0.6) is 5.75 Å². The highest BCUT2D eigenvalue weighted by atomic mass is 32.1. The summed E-state index contributed by atoms with van der Waals surface area (Å²) in [5.41, 5.74) is 2.25. The van der Waals surface area contributed by atoms with Gasteiger partial charge < -0.3 is 14.8 Å². The Kier molecular flexibility index (Phi) is 5.75. The molecule has 0 atom stereocenters. The lowest BCUT2D eigenvalue weighted by molar-refractivity contribution is -0.118. The zero-order valence-electron chi connectivity index (χ0n) is 16.0. The van der Waals surface area contributed by atoms with Crippen molar-refractivity contribution in [2.24, 2.45) is 0 Å². The summed E-state index contributed by atoms with van der Waals surface area (Å²) in [6, 6.07) is 7.24. The van der Waals surface area contributed by atoms with Crippen LogP contribution in [0.1, 0.15) is 32.8 Å². The van der Waals surface area contributed by atoms with Crippen LogP contribution in [0.3, 0.4) is 0 Å². The molecule has 6 nitrogen and oxygen atoms in total. The summed E-state index contributed by atoms with van der Waals surface area (Å²) in [4.78, 5) is 29.3. The molecular formula is C21H24N2O4S. The van der Waals surface area contributed by atoms with Crippen molar-refractivity contribution < 1.29 is 19.1 Å². The van der Waals surface area contributed by atoms with Gasteiger partial charge in [0.05, 0.1) is 38.0 Å². The topological polar surface area (TPSA) is 67.9 Å². The van der Waals surface area contributed by atoms with Crippen LogP contribution in [-0.2, 0) is 22.4 Å². The molecule has 1 aliphatic heterocycles. The van der Waals surface area contributed by atoms with Crippen molar-refractivity contribution in [1.29, 1.82) is 0 Å². The molecule has 4 rings (SSSR count). The fourth-order valence-electron chi connectivity index (χ4n) is 3.83. The van der Waals surface area contributed by atoms with Gasteiger partial charge >= 0.3 is 0 Å². The molecule has 1 aliphatic carbocycles. The molecule has 28 heavy (non-hydrogen) atoms. The van der Waals surface area contributed by atoms with Gasteiger partial charge in [-0.25, -0.2) is 0 Å². The number of ketones is 1. The van der Waals surface area contributed by atoms with E-state index in [1.54, 1.807) is 19.2 Å². The number of morpholine rings is 1. The maximum atomic E-state index is 13.4. The van der Waals surface area contributed by atoms with E-state index < -0.39 is 0 Å².